The predicted molar refractivity (Wildman–Crippen MR) is 77.1 cm³/mol. The molecule has 3 heteroatoms. The summed E-state index contributed by atoms with van der Waals surface area (Å²) in [4.78, 5) is 0. The zero-order valence-electron chi connectivity index (χ0n) is 10.6. The molecule has 0 bridgehead atoms. The van der Waals surface area contributed by atoms with E-state index in [-0.39, 0.29) is 6.04 Å². The number of para-hydroxylation sites is 1. The van der Waals surface area contributed by atoms with Crippen LogP contribution in [0.2, 0.25) is 0 Å². The molecule has 0 amide bonds. The van der Waals surface area contributed by atoms with Crippen LogP contribution in [0.5, 0.6) is 5.75 Å². The summed E-state index contributed by atoms with van der Waals surface area (Å²) in [5.41, 5.74) is 8.42. The summed E-state index contributed by atoms with van der Waals surface area (Å²) in [6.07, 6.45) is 1.86. The molecule has 1 atom stereocenters. The Balaban J connectivity index is 2.02. The van der Waals surface area contributed by atoms with Gasteiger partial charge in [-0.25, -0.2) is 0 Å². The lowest BCUT2D eigenvalue weighted by Gasteiger charge is -2.14. The highest BCUT2D eigenvalue weighted by atomic mass is 32.1. The fraction of sp³-hybridized carbons (Fsp3) is 0.333. The summed E-state index contributed by atoms with van der Waals surface area (Å²) in [6, 6.07) is 10.4. The van der Waals surface area contributed by atoms with Crippen LogP contribution in [0, 0.1) is 0 Å². The van der Waals surface area contributed by atoms with Gasteiger partial charge >= 0.3 is 0 Å². The van der Waals surface area contributed by atoms with E-state index in [1.165, 1.54) is 11.1 Å². The van der Waals surface area contributed by atoms with Gasteiger partial charge in [-0.2, -0.15) is 11.3 Å². The smallest absolute Gasteiger partial charge is 0.123 e. The molecule has 1 aromatic carbocycles. The molecular formula is C15H19NOS. The first-order chi connectivity index (χ1) is 8.79. The zero-order valence-corrected chi connectivity index (χ0v) is 11.5. The second kappa shape index (κ2) is 6.57. The first-order valence-electron chi connectivity index (χ1n) is 6.27. The molecule has 18 heavy (non-hydrogen) atoms. The first kappa shape index (κ1) is 13.1. The standard InChI is InChI=1S/C15H19NOS/c1-2-14(16)9-13-5-3-4-6-15(13)17-10-12-7-8-18-11-12/h3-8,11,14H,2,9-10,16H2,1H3. The molecule has 0 fully saturated rings. The number of rotatable bonds is 6. The van der Waals surface area contributed by atoms with Crippen molar-refractivity contribution in [1.82, 2.24) is 0 Å². The molecule has 1 aromatic heterocycles. The van der Waals surface area contributed by atoms with Gasteiger partial charge in [0.15, 0.2) is 0 Å². The largest absolute Gasteiger partial charge is 0.489 e. The summed E-state index contributed by atoms with van der Waals surface area (Å²) in [7, 11) is 0. The number of benzene rings is 1. The molecule has 1 heterocycles. The highest BCUT2D eigenvalue weighted by molar-refractivity contribution is 7.07. The lowest BCUT2D eigenvalue weighted by atomic mass is 10.0. The molecule has 1 unspecified atom stereocenters. The molecule has 2 aromatic rings. The minimum Gasteiger partial charge on any atom is -0.489 e. The predicted octanol–water partition coefficient (Wildman–Crippen LogP) is 3.61. The molecule has 2 nitrogen and oxygen atoms in total. The van der Waals surface area contributed by atoms with Crippen molar-refractivity contribution in [1.29, 1.82) is 0 Å². The Hall–Kier alpha value is -1.32. The van der Waals surface area contributed by atoms with E-state index in [4.69, 9.17) is 10.5 Å². The third-order valence-electron chi connectivity index (χ3n) is 2.95. The second-order valence-corrected chi connectivity index (χ2v) is 5.18. The van der Waals surface area contributed by atoms with Gasteiger partial charge < -0.3 is 10.5 Å². The Morgan fingerprint density at radius 3 is 2.83 bits per heavy atom. The molecule has 0 aliphatic carbocycles. The van der Waals surface area contributed by atoms with Crippen molar-refractivity contribution in [3.63, 3.8) is 0 Å². The fourth-order valence-electron chi connectivity index (χ4n) is 1.78. The molecule has 0 aliphatic rings. The van der Waals surface area contributed by atoms with Gasteiger partial charge in [0.1, 0.15) is 12.4 Å². The molecule has 0 saturated heterocycles. The molecule has 2 rings (SSSR count). The maximum absolute atomic E-state index is 6.01. The number of nitrogens with two attached hydrogens (primary N) is 1. The van der Waals surface area contributed by atoms with E-state index in [2.05, 4.69) is 29.8 Å². The molecule has 0 saturated carbocycles. The van der Waals surface area contributed by atoms with Crippen molar-refractivity contribution in [3.8, 4) is 5.75 Å². The lowest BCUT2D eigenvalue weighted by Crippen LogP contribution is -2.21. The summed E-state index contributed by atoms with van der Waals surface area (Å²) in [5, 5.41) is 4.18. The summed E-state index contributed by atoms with van der Waals surface area (Å²) in [5.74, 6) is 0.951. The average Bonchev–Trinajstić information content (AvgIpc) is 2.91. The highest BCUT2D eigenvalue weighted by Gasteiger charge is 2.07. The molecule has 0 radical (unpaired) electrons. The van der Waals surface area contributed by atoms with Crippen molar-refractivity contribution in [2.75, 3.05) is 0 Å². The number of hydrogen-bond acceptors (Lipinski definition) is 3. The van der Waals surface area contributed by atoms with Crippen molar-refractivity contribution >= 4 is 11.3 Å². The van der Waals surface area contributed by atoms with E-state index in [1.54, 1.807) is 11.3 Å². The van der Waals surface area contributed by atoms with Gasteiger partial charge in [0.2, 0.25) is 0 Å². The van der Waals surface area contributed by atoms with E-state index in [1.807, 2.05) is 18.2 Å². The topological polar surface area (TPSA) is 35.2 Å². The highest BCUT2D eigenvalue weighted by Crippen LogP contribution is 2.21. The van der Waals surface area contributed by atoms with Crippen LogP contribution in [0.25, 0.3) is 0 Å². The number of thiophene rings is 1. The maximum Gasteiger partial charge on any atom is 0.123 e. The quantitative estimate of drug-likeness (QED) is 0.862. The van der Waals surface area contributed by atoms with Crippen LogP contribution in [-0.4, -0.2) is 6.04 Å². The second-order valence-electron chi connectivity index (χ2n) is 4.40. The van der Waals surface area contributed by atoms with Crippen LogP contribution in [0.3, 0.4) is 0 Å². The van der Waals surface area contributed by atoms with Crippen LogP contribution in [0.15, 0.2) is 41.1 Å². The Morgan fingerprint density at radius 2 is 2.11 bits per heavy atom. The van der Waals surface area contributed by atoms with Gasteiger partial charge in [0.05, 0.1) is 0 Å². The minimum atomic E-state index is 0.205. The van der Waals surface area contributed by atoms with E-state index in [0.29, 0.717) is 6.61 Å². The van der Waals surface area contributed by atoms with E-state index >= 15 is 0 Å². The zero-order chi connectivity index (χ0) is 12.8. The molecule has 0 aliphatic heterocycles. The summed E-state index contributed by atoms with van der Waals surface area (Å²) < 4.78 is 5.88. The van der Waals surface area contributed by atoms with Crippen LogP contribution in [0.1, 0.15) is 24.5 Å². The van der Waals surface area contributed by atoms with Crippen molar-refractivity contribution in [2.45, 2.75) is 32.4 Å². The Morgan fingerprint density at radius 1 is 1.28 bits per heavy atom. The van der Waals surface area contributed by atoms with Crippen molar-refractivity contribution in [2.24, 2.45) is 5.73 Å². The normalized spacial score (nSPS) is 12.3. The van der Waals surface area contributed by atoms with Crippen LogP contribution in [0.4, 0.5) is 0 Å². The van der Waals surface area contributed by atoms with E-state index in [9.17, 15) is 0 Å². The molecular weight excluding hydrogens is 242 g/mol. The van der Waals surface area contributed by atoms with Crippen molar-refractivity contribution < 1.29 is 4.74 Å². The number of hydrogen-bond donors (Lipinski definition) is 1. The van der Waals surface area contributed by atoms with Crippen molar-refractivity contribution in [3.05, 3.63) is 52.2 Å². The van der Waals surface area contributed by atoms with Gasteiger partial charge in [-0.1, -0.05) is 25.1 Å². The molecule has 96 valence electrons. The maximum atomic E-state index is 6.01. The average molecular weight is 261 g/mol. The van der Waals surface area contributed by atoms with Gasteiger partial charge in [-0.3, -0.25) is 0 Å². The molecule has 2 N–H and O–H groups in total. The Kier molecular flexibility index (Phi) is 4.79. The fourth-order valence-corrected chi connectivity index (χ4v) is 2.43. The monoisotopic (exact) mass is 261 g/mol. The molecule has 0 spiro atoms. The SMILES string of the molecule is CCC(N)Cc1ccccc1OCc1ccsc1. The van der Waals surface area contributed by atoms with E-state index in [0.717, 1.165) is 18.6 Å². The summed E-state index contributed by atoms with van der Waals surface area (Å²) in [6.45, 7) is 2.74. The van der Waals surface area contributed by atoms with Crippen LogP contribution in [-0.2, 0) is 13.0 Å². The number of ether oxygens (including phenoxy) is 1. The first-order valence-corrected chi connectivity index (χ1v) is 7.21. The van der Waals surface area contributed by atoms with E-state index < -0.39 is 0 Å². The van der Waals surface area contributed by atoms with Crippen LogP contribution < -0.4 is 10.5 Å². The lowest BCUT2D eigenvalue weighted by molar-refractivity contribution is 0.302. The Labute approximate surface area is 112 Å². The summed E-state index contributed by atoms with van der Waals surface area (Å²) >= 11 is 1.69. The van der Waals surface area contributed by atoms with Gasteiger partial charge in [0, 0.05) is 6.04 Å². The third-order valence-corrected chi connectivity index (χ3v) is 3.69. The Bertz CT molecular complexity index is 467. The minimum absolute atomic E-state index is 0.205. The van der Waals surface area contributed by atoms with Gasteiger partial charge in [-0.15, -0.1) is 0 Å². The van der Waals surface area contributed by atoms with Gasteiger partial charge in [-0.05, 0) is 46.9 Å². The third kappa shape index (κ3) is 3.59. The van der Waals surface area contributed by atoms with Gasteiger partial charge in [0.25, 0.3) is 0 Å². The van der Waals surface area contributed by atoms with Crippen LogP contribution >= 0.6 is 11.3 Å².